The second kappa shape index (κ2) is 4.04. The van der Waals surface area contributed by atoms with Gasteiger partial charge < -0.3 is 0 Å². The molecule has 0 aromatic carbocycles. The Kier molecular flexibility index (Phi) is 2.87. The highest BCUT2D eigenvalue weighted by molar-refractivity contribution is 6.05. The van der Waals surface area contributed by atoms with E-state index in [1.54, 1.807) is 0 Å². The van der Waals surface area contributed by atoms with Crippen molar-refractivity contribution in [2.24, 2.45) is 11.8 Å². The zero-order valence-electron chi connectivity index (χ0n) is 10.2. The molecule has 16 heavy (non-hydrogen) atoms. The molecule has 2 atom stereocenters. The first kappa shape index (κ1) is 11.4. The Bertz CT molecular complexity index is 338. The summed E-state index contributed by atoms with van der Waals surface area (Å²) in [5.74, 6) is -0.0158. The lowest BCUT2D eigenvalue weighted by Gasteiger charge is -2.23. The number of rotatable bonds is 2. The van der Waals surface area contributed by atoms with Crippen LogP contribution in [0.1, 0.15) is 40.0 Å². The van der Waals surface area contributed by atoms with Crippen LogP contribution in [-0.4, -0.2) is 23.3 Å². The van der Waals surface area contributed by atoms with Crippen molar-refractivity contribution in [1.29, 1.82) is 0 Å². The lowest BCUT2D eigenvalue weighted by atomic mass is 9.78. The van der Waals surface area contributed by atoms with E-state index in [2.05, 4.69) is 13.8 Å². The summed E-state index contributed by atoms with van der Waals surface area (Å²) in [4.78, 5) is 25.6. The Balaban J connectivity index is 2.24. The predicted octanol–water partition coefficient (Wildman–Crippen LogP) is 2.13. The van der Waals surface area contributed by atoms with Crippen molar-refractivity contribution in [3.63, 3.8) is 0 Å². The number of hydrogen-bond acceptors (Lipinski definition) is 2. The summed E-state index contributed by atoms with van der Waals surface area (Å²) in [5.41, 5.74) is 2.58. The molecule has 0 radical (unpaired) electrons. The highest BCUT2D eigenvalue weighted by Gasteiger charge is 2.48. The van der Waals surface area contributed by atoms with Crippen molar-refractivity contribution in [2.75, 3.05) is 6.54 Å². The molecule has 0 aromatic rings. The van der Waals surface area contributed by atoms with Gasteiger partial charge in [0.2, 0.25) is 11.8 Å². The molecule has 3 heteroatoms. The van der Waals surface area contributed by atoms with Crippen molar-refractivity contribution in [1.82, 2.24) is 4.90 Å². The SMILES string of the molecule is CCCN1C(=O)C2CC(C)=C(C)CC2C1=O. The quantitative estimate of drug-likeness (QED) is 0.529. The van der Waals surface area contributed by atoms with Crippen LogP contribution in [0.5, 0.6) is 0 Å². The number of hydrogen-bond donors (Lipinski definition) is 0. The van der Waals surface area contributed by atoms with Crippen LogP contribution in [0, 0.1) is 11.8 Å². The van der Waals surface area contributed by atoms with Gasteiger partial charge >= 0.3 is 0 Å². The molecule has 0 saturated carbocycles. The number of carbonyl (C=O) groups excluding carboxylic acids is 2. The molecular weight excluding hydrogens is 202 g/mol. The van der Waals surface area contributed by atoms with E-state index in [4.69, 9.17) is 0 Å². The first-order chi connectivity index (χ1) is 7.56. The van der Waals surface area contributed by atoms with Gasteiger partial charge in [-0.05, 0) is 33.1 Å². The molecule has 88 valence electrons. The van der Waals surface area contributed by atoms with Gasteiger partial charge in [-0.25, -0.2) is 0 Å². The lowest BCUT2D eigenvalue weighted by Crippen LogP contribution is -2.31. The monoisotopic (exact) mass is 221 g/mol. The van der Waals surface area contributed by atoms with E-state index in [9.17, 15) is 9.59 Å². The second-order valence-corrected chi connectivity index (χ2v) is 5.01. The molecule has 1 heterocycles. The van der Waals surface area contributed by atoms with Crippen LogP contribution in [-0.2, 0) is 9.59 Å². The van der Waals surface area contributed by atoms with Crippen LogP contribution in [0.15, 0.2) is 11.1 Å². The van der Waals surface area contributed by atoms with E-state index in [0.29, 0.717) is 6.54 Å². The Morgan fingerprint density at radius 2 is 1.50 bits per heavy atom. The molecule has 1 aliphatic carbocycles. The fourth-order valence-electron chi connectivity index (χ4n) is 2.76. The number of likely N-dealkylation sites (tertiary alicyclic amines) is 1. The third-order valence-electron chi connectivity index (χ3n) is 3.88. The van der Waals surface area contributed by atoms with Crippen molar-refractivity contribution in [3.8, 4) is 0 Å². The number of allylic oxidation sites excluding steroid dienone is 2. The minimum Gasteiger partial charge on any atom is -0.282 e. The van der Waals surface area contributed by atoms with E-state index in [-0.39, 0.29) is 23.7 Å². The van der Waals surface area contributed by atoms with Gasteiger partial charge in [0, 0.05) is 6.54 Å². The fourth-order valence-corrected chi connectivity index (χ4v) is 2.76. The van der Waals surface area contributed by atoms with Gasteiger partial charge in [0.15, 0.2) is 0 Å². The van der Waals surface area contributed by atoms with E-state index in [0.717, 1.165) is 19.3 Å². The Morgan fingerprint density at radius 3 is 1.88 bits per heavy atom. The lowest BCUT2D eigenvalue weighted by molar-refractivity contribution is -0.139. The molecule has 3 nitrogen and oxygen atoms in total. The maximum atomic E-state index is 12.1. The van der Waals surface area contributed by atoms with E-state index >= 15 is 0 Å². The summed E-state index contributed by atoms with van der Waals surface area (Å²) in [6, 6.07) is 0. The normalized spacial score (nSPS) is 30.1. The van der Waals surface area contributed by atoms with Crippen LogP contribution < -0.4 is 0 Å². The molecule has 1 saturated heterocycles. The summed E-state index contributed by atoms with van der Waals surface area (Å²) in [6.07, 6.45) is 2.41. The third-order valence-corrected chi connectivity index (χ3v) is 3.88. The van der Waals surface area contributed by atoms with Gasteiger partial charge in [-0.2, -0.15) is 0 Å². The van der Waals surface area contributed by atoms with Gasteiger partial charge in [0.05, 0.1) is 11.8 Å². The molecule has 2 aliphatic rings. The number of nitrogens with zero attached hydrogens (tertiary/aromatic N) is 1. The first-order valence-corrected chi connectivity index (χ1v) is 6.06. The average Bonchev–Trinajstić information content (AvgIpc) is 2.46. The van der Waals surface area contributed by atoms with E-state index < -0.39 is 0 Å². The Hall–Kier alpha value is -1.12. The standard InChI is InChI=1S/C13H19NO2/c1-4-5-14-12(15)10-6-8(2)9(3)7-11(10)13(14)16/h10-11H,4-7H2,1-3H3. The van der Waals surface area contributed by atoms with Crippen molar-refractivity contribution in [2.45, 2.75) is 40.0 Å². The molecule has 0 bridgehead atoms. The smallest absolute Gasteiger partial charge is 0.233 e. The van der Waals surface area contributed by atoms with Crippen LogP contribution in [0.4, 0.5) is 0 Å². The van der Waals surface area contributed by atoms with Crippen molar-refractivity contribution >= 4 is 11.8 Å². The van der Waals surface area contributed by atoms with Crippen molar-refractivity contribution in [3.05, 3.63) is 11.1 Å². The van der Waals surface area contributed by atoms with E-state index in [1.165, 1.54) is 16.0 Å². The number of carbonyl (C=O) groups is 2. The molecule has 2 amide bonds. The molecule has 0 N–H and O–H groups in total. The molecule has 0 aromatic heterocycles. The molecule has 1 aliphatic heterocycles. The molecule has 2 rings (SSSR count). The summed E-state index contributed by atoms with van der Waals surface area (Å²) in [7, 11) is 0. The van der Waals surface area contributed by atoms with E-state index in [1.807, 2.05) is 6.92 Å². The maximum absolute atomic E-state index is 12.1. The zero-order chi connectivity index (χ0) is 11.9. The third kappa shape index (κ3) is 1.58. The molecule has 1 fully saturated rings. The van der Waals surface area contributed by atoms with Gasteiger partial charge in [-0.15, -0.1) is 0 Å². The van der Waals surface area contributed by atoms with Crippen LogP contribution in [0.25, 0.3) is 0 Å². The Morgan fingerprint density at radius 1 is 1.06 bits per heavy atom. The summed E-state index contributed by atoms with van der Waals surface area (Å²) in [6.45, 7) is 6.73. The minimum absolute atomic E-state index is 0.0590. The summed E-state index contributed by atoms with van der Waals surface area (Å²) in [5, 5.41) is 0. The Labute approximate surface area is 96.5 Å². The van der Waals surface area contributed by atoms with Gasteiger partial charge in [0.1, 0.15) is 0 Å². The largest absolute Gasteiger partial charge is 0.282 e. The highest BCUT2D eigenvalue weighted by Crippen LogP contribution is 2.40. The minimum atomic E-state index is -0.0669. The number of amides is 2. The van der Waals surface area contributed by atoms with Crippen LogP contribution in [0.2, 0.25) is 0 Å². The maximum Gasteiger partial charge on any atom is 0.233 e. The highest BCUT2D eigenvalue weighted by atomic mass is 16.2. The predicted molar refractivity (Wildman–Crippen MR) is 61.6 cm³/mol. The van der Waals surface area contributed by atoms with Gasteiger partial charge in [-0.3, -0.25) is 14.5 Å². The second-order valence-electron chi connectivity index (χ2n) is 5.01. The van der Waals surface area contributed by atoms with Crippen LogP contribution in [0.3, 0.4) is 0 Å². The number of imide groups is 1. The topological polar surface area (TPSA) is 37.4 Å². The average molecular weight is 221 g/mol. The van der Waals surface area contributed by atoms with Crippen LogP contribution >= 0.6 is 0 Å². The summed E-state index contributed by atoms with van der Waals surface area (Å²) >= 11 is 0. The molecule has 0 spiro atoms. The molecular formula is C13H19NO2. The zero-order valence-corrected chi connectivity index (χ0v) is 10.2. The number of fused-ring (bicyclic) bond motifs is 1. The fraction of sp³-hybridized carbons (Fsp3) is 0.692. The van der Waals surface area contributed by atoms with Crippen molar-refractivity contribution < 1.29 is 9.59 Å². The first-order valence-electron chi connectivity index (χ1n) is 6.06. The molecule has 2 unspecified atom stereocenters. The summed E-state index contributed by atoms with van der Waals surface area (Å²) < 4.78 is 0. The van der Waals surface area contributed by atoms with Gasteiger partial charge in [-0.1, -0.05) is 18.1 Å². The van der Waals surface area contributed by atoms with Gasteiger partial charge in [0.25, 0.3) is 0 Å².